The maximum atomic E-state index is 13.0. The molecule has 1 aliphatic rings. The van der Waals surface area contributed by atoms with Gasteiger partial charge in [-0.25, -0.2) is 4.39 Å². The van der Waals surface area contributed by atoms with Crippen LogP contribution in [-0.2, 0) is 0 Å². The molecule has 1 aromatic rings. The standard InChI is InChI=1S/C15H24FN3/c1-11(2)19(14-7-3-12(16)4-8-14)15-9-5-13(18-17)6-10-15/h3-4,7-8,11,13,15,18H,5-6,9-10,17H2,1-2H3. The number of nitrogens with one attached hydrogen (secondary N) is 1. The SMILES string of the molecule is CC(C)N(c1ccc(F)cc1)C1CCC(NN)CC1. The van der Waals surface area contributed by atoms with Crippen molar-refractivity contribution in [3.05, 3.63) is 30.1 Å². The van der Waals surface area contributed by atoms with Gasteiger partial charge < -0.3 is 4.90 Å². The molecule has 3 N–H and O–H groups in total. The van der Waals surface area contributed by atoms with E-state index in [-0.39, 0.29) is 5.82 Å². The van der Waals surface area contributed by atoms with E-state index in [9.17, 15) is 4.39 Å². The van der Waals surface area contributed by atoms with Crippen molar-refractivity contribution in [2.45, 2.75) is 57.7 Å². The molecule has 2 rings (SSSR count). The van der Waals surface area contributed by atoms with Gasteiger partial charge in [-0.15, -0.1) is 0 Å². The quantitative estimate of drug-likeness (QED) is 0.650. The van der Waals surface area contributed by atoms with Crippen molar-refractivity contribution < 1.29 is 4.39 Å². The molecule has 1 aromatic carbocycles. The van der Waals surface area contributed by atoms with Crippen LogP contribution in [0, 0.1) is 5.82 Å². The van der Waals surface area contributed by atoms with Gasteiger partial charge in [-0.1, -0.05) is 0 Å². The van der Waals surface area contributed by atoms with Crippen molar-refractivity contribution in [2.24, 2.45) is 5.84 Å². The van der Waals surface area contributed by atoms with Gasteiger partial charge in [0.25, 0.3) is 0 Å². The number of nitrogens with zero attached hydrogens (tertiary/aromatic N) is 1. The lowest BCUT2D eigenvalue weighted by atomic mass is 9.89. The Morgan fingerprint density at radius 2 is 1.74 bits per heavy atom. The van der Waals surface area contributed by atoms with Crippen LogP contribution in [-0.4, -0.2) is 18.1 Å². The summed E-state index contributed by atoms with van der Waals surface area (Å²) in [5.41, 5.74) is 3.98. The number of anilines is 1. The highest BCUT2D eigenvalue weighted by molar-refractivity contribution is 5.48. The molecule has 0 bridgehead atoms. The van der Waals surface area contributed by atoms with E-state index in [1.54, 1.807) is 0 Å². The fraction of sp³-hybridized carbons (Fsp3) is 0.600. The van der Waals surface area contributed by atoms with E-state index < -0.39 is 0 Å². The fourth-order valence-corrected chi connectivity index (χ4v) is 3.06. The molecule has 19 heavy (non-hydrogen) atoms. The van der Waals surface area contributed by atoms with E-state index in [4.69, 9.17) is 5.84 Å². The summed E-state index contributed by atoms with van der Waals surface area (Å²) in [7, 11) is 0. The summed E-state index contributed by atoms with van der Waals surface area (Å²) in [5, 5.41) is 0. The number of hydrazine groups is 1. The molecular formula is C15H24FN3. The topological polar surface area (TPSA) is 41.3 Å². The van der Waals surface area contributed by atoms with Gasteiger partial charge in [0.1, 0.15) is 5.82 Å². The van der Waals surface area contributed by atoms with Crippen LogP contribution >= 0.6 is 0 Å². The van der Waals surface area contributed by atoms with Gasteiger partial charge in [0.05, 0.1) is 0 Å². The van der Waals surface area contributed by atoms with Crippen LogP contribution in [0.25, 0.3) is 0 Å². The van der Waals surface area contributed by atoms with E-state index >= 15 is 0 Å². The molecule has 0 aliphatic heterocycles. The lowest BCUT2D eigenvalue weighted by molar-refractivity contribution is 0.326. The first-order valence-corrected chi connectivity index (χ1v) is 7.12. The lowest BCUT2D eigenvalue weighted by Gasteiger charge is -2.41. The van der Waals surface area contributed by atoms with Crippen molar-refractivity contribution >= 4 is 5.69 Å². The molecule has 3 nitrogen and oxygen atoms in total. The van der Waals surface area contributed by atoms with E-state index in [0.717, 1.165) is 31.4 Å². The first kappa shape index (κ1) is 14.3. The Bertz CT molecular complexity index is 383. The van der Waals surface area contributed by atoms with E-state index in [0.29, 0.717) is 18.1 Å². The normalized spacial score (nSPS) is 23.6. The predicted molar refractivity (Wildman–Crippen MR) is 77.4 cm³/mol. The molecule has 106 valence electrons. The summed E-state index contributed by atoms with van der Waals surface area (Å²) < 4.78 is 13.0. The van der Waals surface area contributed by atoms with Crippen molar-refractivity contribution in [3.8, 4) is 0 Å². The van der Waals surface area contributed by atoms with Gasteiger partial charge >= 0.3 is 0 Å². The van der Waals surface area contributed by atoms with Gasteiger partial charge in [-0.2, -0.15) is 0 Å². The van der Waals surface area contributed by atoms with Gasteiger partial charge in [0.15, 0.2) is 0 Å². The Hall–Kier alpha value is -1.13. The summed E-state index contributed by atoms with van der Waals surface area (Å²) in [5.74, 6) is 5.33. The van der Waals surface area contributed by atoms with Crippen LogP contribution in [0.4, 0.5) is 10.1 Å². The third kappa shape index (κ3) is 3.45. The Balaban J connectivity index is 2.10. The Morgan fingerprint density at radius 3 is 2.21 bits per heavy atom. The molecule has 0 heterocycles. The highest BCUT2D eigenvalue weighted by Gasteiger charge is 2.27. The van der Waals surface area contributed by atoms with Crippen LogP contribution in [0.15, 0.2) is 24.3 Å². The maximum Gasteiger partial charge on any atom is 0.123 e. The average molecular weight is 265 g/mol. The first-order valence-electron chi connectivity index (χ1n) is 7.12. The third-order valence-electron chi connectivity index (χ3n) is 4.01. The number of benzene rings is 1. The minimum absolute atomic E-state index is 0.177. The molecular weight excluding hydrogens is 241 g/mol. The molecule has 0 spiro atoms. The van der Waals surface area contributed by atoms with Crippen LogP contribution in [0.2, 0.25) is 0 Å². The molecule has 0 saturated heterocycles. The molecule has 1 aliphatic carbocycles. The smallest absolute Gasteiger partial charge is 0.123 e. The summed E-state index contributed by atoms with van der Waals surface area (Å²) in [6, 6.07) is 8.22. The van der Waals surface area contributed by atoms with Gasteiger partial charge in [-0.3, -0.25) is 11.3 Å². The highest BCUT2D eigenvalue weighted by Crippen LogP contribution is 2.29. The minimum atomic E-state index is -0.177. The summed E-state index contributed by atoms with van der Waals surface area (Å²) in [6.45, 7) is 4.38. The third-order valence-corrected chi connectivity index (χ3v) is 4.01. The summed E-state index contributed by atoms with van der Waals surface area (Å²) in [4.78, 5) is 2.41. The van der Waals surface area contributed by atoms with E-state index in [1.165, 1.54) is 12.1 Å². The van der Waals surface area contributed by atoms with Crippen LogP contribution in [0.5, 0.6) is 0 Å². The Kier molecular flexibility index (Phi) is 4.77. The first-order chi connectivity index (χ1) is 9.11. The number of halogens is 1. The zero-order valence-corrected chi connectivity index (χ0v) is 11.8. The van der Waals surface area contributed by atoms with Crippen LogP contribution < -0.4 is 16.2 Å². The molecule has 0 radical (unpaired) electrons. The van der Waals surface area contributed by atoms with E-state index in [1.807, 2.05) is 12.1 Å². The van der Waals surface area contributed by atoms with Crippen molar-refractivity contribution in [2.75, 3.05) is 4.90 Å². The number of rotatable bonds is 4. The number of hydrogen-bond donors (Lipinski definition) is 2. The predicted octanol–water partition coefficient (Wildman–Crippen LogP) is 2.82. The Morgan fingerprint density at radius 1 is 1.16 bits per heavy atom. The van der Waals surface area contributed by atoms with Gasteiger partial charge in [0, 0.05) is 23.8 Å². The van der Waals surface area contributed by atoms with Crippen molar-refractivity contribution in [1.82, 2.24) is 5.43 Å². The number of hydrogen-bond acceptors (Lipinski definition) is 3. The second-order valence-corrected chi connectivity index (χ2v) is 5.65. The Labute approximate surface area is 114 Å². The summed E-state index contributed by atoms with van der Waals surface area (Å²) >= 11 is 0. The minimum Gasteiger partial charge on any atom is -0.366 e. The molecule has 1 saturated carbocycles. The molecule has 4 heteroatoms. The highest BCUT2D eigenvalue weighted by atomic mass is 19.1. The molecule has 0 amide bonds. The largest absolute Gasteiger partial charge is 0.366 e. The van der Waals surface area contributed by atoms with Crippen molar-refractivity contribution in [1.29, 1.82) is 0 Å². The monoisotopic (exact) mass is 265 g/mol. The van der Waals surface area contributed by atoms with Gasteiger partial charge in [0.2, 0.25) is 0 Å². The average Bonchev–Trinajstić information content (AvgIpc) is 2.42. The lowest BCUT2D eigenvalue weighted by Crippen LogP contribution is -2.46. The molecule has 0 aromatic heterocycles. The molecule has 0 atom stereocenters. The second kappa shape index (κ2) is 6.35. The van der Waals surface area contributed by atoms with Crippen LogP contribution in [0.3, 0.4) is 0 Å². The van der Waals surface area contributed by atoms with Gasteiger partial charge in [-0.05, 0) is 63.8 Å². The van der Waals surface area contributed by atoms with Crippen LogP contribution in [0.1, 0.15) is 39.5 Å². The molecule has 0 unspecified atom stereocenters. The van der Waals surface area contributed by atoms with E-state index in [2.05, 4.69) is 24.2 Å². The number of nitrogens with two attached hydrogens (primary N) is 1. The second-order valence-electron chi connectivity index (χ2n) is 5.65. The zero-order valence-electron chi connectivity index (χ0n) is 11.8. The fourth-order valence-electron chi connectivity index (χ4n) is 3.06. The maximum absolute atomic E-state index is 13.0. The zero-order chi connectivity index (χ0) is 13.8. The molecule has 1 fully saturated rings. The van der Waals surface area contributed by atoms with Crippen molar-refractivity contribution in [3.63, 3.8) is 0 Å². The summed E-state index contributed by atoms with van der Waals surface area (Å²) in [6.07, 6.45) is 4.46.